The smallest absolute Gasteiger partial charge is 0.111 e. The molecule has 1 aromatic rings. The lowest BCUT2D eigenvalue weighted by atomic mass is 9.89. The molecule has 1 saturated carbocycles. The van der Waals surface area contributed by atoms with Crippen molar-refractivity contribution in [2.75, 3.05) is 0 Å². The largest absolute Gasteiger partial charge is 0.494 e. The molecule has 3 nitrogen and oxygen atoms in total. The highest BCUT2D eigenvalue weighted by Crippen LogP contribution is 2.27. The van der Waals surface area contributed by atoms with Gasteiger partial charge in [0.15, 0.2) is 0 Å². The summed E-state index contributed by atoms with van der Waals surface area (Å²) in [4.78, 5) is 0. The Morgan fingerprint density at radius 3 is 2.84 bits per heavy atom. The van der Waals surface area contributed by atoms with Gasteiger partial charge in [0.1, 0.15) is 5.76 Å². The first-order chi connectivity index (χ1) is 9.24. The molecular weight excluding hydrogens is 236 g/mol. The van der Waals surface area contributed by atoms with Crippen LogP contribution in [0.2, 0.25) is 0 Å². The van der Waals surface area contributed by atoms with E-state index in [4.69, 9.17) is 4.74 Å². The first-order valence-electron chi connectivity index (χ1n) is 7.31. The van der Waals surface area contributed by atoms with Crippen molar-refractivity contribution in [3.05, 3.63) is 28.4 Å². The second-order valence-electron chi connectivity index (χ2n) is 5.82. The number of ether oxygens (including phenoxy) is 1. The van der Waals surface area contributed by atoms with Crippen LogP contribution < -0.4 is 10.6 Å². The van der Waals surface area contributed by atoms with Crippen LogP contribution in [0.3, 0.4) is 0 Å². The maximum absolute atomic E-state index is 6.31. The monoisotopic (exact) mass is 258 g/mol. The van der Waals surface area contributed by atoms with Crippen LogP contribution in [0.5, 0.6) is 0 Å². The van der Waals surface area contributed by atoms with Gasteiger partial charge < -0.3 is 4.74 Å². The Hall–Kier alpha value is -1.51. The molecule has 0 spiro atoms. The zero-order chi connectivity index (χ0) is 13.2. The van der Waals surface area contributed by atoms with Gasteiger partial charge in [0, 0.05) is 6.42 Å². The number of allylic oxidation sites excluding steroid dienone is 1. The molecule has 0 unspecified atom stereocenters. The zero-order valence-electron chi connectivity index (χ0n) is 11.8. The molecule has 3 heteroatoms. The van der Waals surface area contributed by atoms with Gasteiger partial charge in [0.25, 0.3) is 0 Å². The topological polar surface area (TPSA) is 37.9 Å². The number of fused-ring (bicyclic) bond motifs is 1. The van der Waals surface area contributed by atoms with Crippen LogP contribution in [0.1, 0.15) is 44.7 Å². The quantitative estimate of drug-likeness (QED) is 0.882. The summed E-state index contributed by atoms with van der Waals surface area (Å²) in [6.07, 6.45) is 12.5. The highest BCUT2D eigenvalue weighted by atomic mass is 16.5. The normalized spacial score (nSPS) is 26.5. The molecule has 19 heavy (non-hydrogen) atoms. The van der Waals surface area contributed by atoms with Crippen molar-refractivity contribution in [2.24, 2.45) is 5.92 Å². The Labute approximate surface area is 114 Å². The Bertz CT molecular complexity index is 589. The third kappa shape index (κ3) is 2.60. The van der Waals surface area contributed by atoms with Crippen LogP contribution in [0.4, 0.5) is 0 Å². The fourth-order valence-corrected chi connectivity index (χ4v) is 3.02. The standard InChI is InChI=1S/C16H22N2O/c1-11-7-9-13(10-8-11)19-15-6-4-3-5-14-16(15)12(2)17-18-14/h3-5,11,13,18H,6-10H2,1-2H3. The minimum absolute atomic E-state index is 0.389. The fourth-order valence-electron chi connectivity index (χ4n) is 3.02. The summed E-state index contributed by atoms with van der Waals surface area (Å²) in [6, 6.07) is 0. The Kier molecular flexibility index (Phi) is 3.45. The van der Waals surface area contributed by atoms with E-state index in [0.717, 1.165) is 29.1 Å². The first-order valence-corrected chi connectivity index (χ1v) is 7.31. The van der Waals surface area contributed by atoms with Crippen molar-refractivity contribution in [3.63, 3.8) is 0 Å². The predicted octanol–water partition coefficient (Wildman–Crippen LogP) is 2.16. The minimum Gasteiger partial charge on any atom is -0.494 e. The molecule has 2 aliphatic rings. The number of rotatable bonds is 2. The number of aromatic amines is 1. The van der Waals surface area contributed by atoms with E-state index in [0.29, 0.717) is 6.10 Å². The lowest BCUT2D eigenvalue weighted by Gasteiger charge is -2.27. The van der Waals surface area contributed by atoms with Crippen molar-refractivity contribution < 1.29 is 4.74 Å². The van der Waals surface area contributed by atoms with Gasteiger partial charge >= 0.3 is 0 Å². The number of hydrogen-bond donors (Lipinski definition) is 1. The summed E-state index contributed by atoms with van der Waals surface area (Å²) < 4.78 is 6.31. The van der Waals surface area contributed by atoms with E-state index in [-0.39, 0.29) is 0 Å². The van der Waals surface area contributed by atoms with E-state index in [1.165, 1.54) is 30.9 Å². The maximum Gasteiger partial charge on any atom is 0.111 e. The van der Waals surface area contributed by atoms with Crippen LogP contribution in [0.15, 0.2) is 12.2 Å². The summed E-state index contributed by atoms with van der Waals surface area (Å²) in [7, 11) is 0. The number of hydrogen-bond acceptors (Lipinski definition) is 2. The van der Waals surface area contributed by atoms with Gasteiger partial charge in [-0.05, 0) is 44.6 Å². The van der Waals surface area contributed by atoms with Gasteiger partial charge in [-0.25, -0.2) is 0 Å². The number of H-pyrrole nitrogens is 1. The molecule has 2 aliphatic carbocycles. The van der Waals surface area contributed by atoms with Crippen molar-refractivity contribution in [2.45, 2.75) is 52.1 Å². The Morgan fingerprint density at radius 1 is 1.26 bits per heavy atom. The molecule has 1 N–H and O–H groups in total. The van der Waals surface area contributed by atoms with Gasteiger partial charge in [0.2, 0.25) is 0 Å². The summed E-state index contributed by atoms with van der Waals surface area (Å²) in [5, 5.41) is 9.63. The van der Waals surface area contributed by atoms with E-state index in [9.17, 15) is 0 Å². The molecule has 0 aromatic carbocycles. The second-order valence-corrected chi connectivity index (χ2v) is 5.82. The molecule has 0 amide bonds. The molecule has 1 heterocycles. The van der Waals surface area contributed by atoms with Gasteiger partial charge in [-0.2, -0.15) is 5.10 Å². The van der Waals surface area contributed by atoms with Gasteiger partial charge in [-0.15, -0.1) is 0 Å². The molecule has 1 aromatic heterocycles. The van der Waals surface area contributed by atoms with E-state index in [1.807, 2.05) is 6.92 Å². The number of nitrogens with one attached hydrogen (secondary N) is 1. The van der Waals surface area contributed by atoms with Gasteiger partial charge in [0.05, 0.1) is 22.4 Å². The number of aryl methyl sites for hydroxylation is 1. The van der Waals surface area contributed by atoms with Crippen LogP contribution in [0, 0.1) is 12.8 Å². The third-order valence-corrected chi connectivity index (χ3v) is 4.23. The predicted molar refractivity (Wildman–Crippen MR) is 76.7 cm³/mol. The van der Waals surface area contributed by atoms with E-state index in [1.54, 1.807) is 0 Å². The van der Waals surface area contributed by atoms with Crippen LogP contribution >= 0.6 is 0 Å². The molecule has 1 fully saturated rings. The van der Waals surface area contributed by atoms with Crippen LogP contribution in [-0.2, 0) is 4.74 Å². The summed E-state index contributed by atoms with van der Waals surface area (Å²) in [6.45, 7) is 4.38. The molecule has 0 saturated heterocycles. The van der Waals surface area contributed by atoms with Crippen molar-refractivity contribution in [1.29, 1.82) is 0 Å². The molecule has 0 radical (unpaired) electrons. The zero-order valence-corrected chi connectivity index (χ0v) is 11.8. The summed E-state index contributed by atoms with van der Waals surface area (Å²) in [5.74, 6) is 1.95. The van der Waals surface area contributed by atoms with Gasteiger partial charge in [-0.1, -0.05) is 19.1 Å². The highest BCUT2D eigenvalue weighted by Gasteiger charge is 2.21. The maximum atomic E-state index is 6.31. The van der Waals surface area contributed by atoms with E-state index >= 15 is 0 Å². The van der Waals surface area contributed by atoms with Crippen LogP contribution in [0.25, 0.3) is 11.8 Å². The SMILES string of the molecule is Cc1n[nH]c2c1=C(OC1CCC(C)CC1)CC=CC=2. The molecule has 102 valence electrons. The van der Waals surface area contributed by atoms with Gasteiger partial charge in [-0.3, -0.25) is 5.10 Å². The molecule has 0 aliphatic heterocycles. The molecule has 0 bridgehead atoms. The minimum atomic E-state index is 0.389. The average Bonchev–Trinajstić information content (AvgIpc) is 2.66. The number of nitrogens with zero attached hydrogens (tertiary/aromatic N) is 1. The summed E-state index contributed by atoms with van der Waals surface area (Å²) in [5.41, 5.74) is 1.04. The lowest BCUT2D eigenvalue weighted by molar-refractivity contribution is 0.103. The third-order valence-electron chi connectivity index (χ3n) is 4.23. The first kappa shape index (κ1) is 12.5. The van der Waals surface area contributed by atoms with E-state index in [2.05, 4.69) is 35.3 Å². The average molecular weight is 258 g/mol. The Balaban J connectivity index is 1.89. The highest BCUT2D eigenvalue weighted by molar-refractivity contribution is 5.48. The van der Waals surface area contributed by atoms with Crippen molar-refractivity contribution in [1.82, 2.24) is 10.2 Å². The molecule has 3 rings (SSSR count). The fraction of sp³-hybridized carbons (Fsp3) is 0.562. The lowest BCUT2D eigenvalue weighted by Crippen LogP contribution is -2.29. The van der Waals surface area contributed by atoms with Crippen molar-refractivity contribution >= 4 is 11.8 Å². The molecule has 0 atom stereocenters. The Morgan fingerprint density at radius 2 is 2.05 bits per heavy atom. The summed E-state index contributed by atoms with van der Waals surface area (Å²) >= 11 is 0. The van der Waals surface area contributed by atoms with Crippen molar-refractivity contribution in [3.8, 4) is 0 Å². The second kappa shape index (κ2) is 5.24. The molecular formula is C16H22N2O. The van der Waals surface area contributed by atoms with E-state index < -0.39 is 0 Å². The number of aromatic nitrogens is 2. The van der Waals surface area contributed by atoms with Crippen LogP contribution in [-0.4, -0.2) is 16.3 Å².